The van der Waals surface area contributed by atoms with Crippen molar-refractivity contribution in [3.8, 4) is 0 Å². The highest BCUT2D eigenvalue weighted by molar-refractivity contribution is 9.13. The number of ketones is 1. The monoisotopic (exact) mass is 397 g/mol. The van der Waals surface area contributed by atoms with Gasteiger partial charge >= 0.3 is 0 Å². The topological polar surface area (TPSA) is 32.9 Å². The molecule has 3 aromatic rings. The second kappa shape index (κ2) is 4.89. The third kappa shape index (κ3) is 2.30. The fourth-order valence-corrected chi connectivity index (χ4v) is 4.00. The molecule has 0 spiro atoms. The minimum absolute atomic E-state index is 0.0493. The van der Waals surface area contributed by atoms with Gasteiger partial charge < -0.3 is 4.98 Å². The fourth-order valence-electron chi connectivity index (χ4n) is 2.01. The number of carbonyl (C=O) groups excluding carboxylic acids is 1. The van der Waals surface area contributed by atoms with E-state index in [-0.39, 0.29) is 5.78 Å². The largest absolute Gasteiger partial charge is 0.360 e. The summed E-state index contributed by atoms with van der Waals surface area (Å²) in [5.41, 5.74) is 2.86. The van der Waals surface area contributed by atoms with E-state index in [1.807, 2.05) is 31.2 Å². The van der Waals surface area contributed by atoms with E-state index in [1.165, 1.54) is 11.3 Å². The van der Waals surface area contributed by atoms with Gasteiger partial charge in [0.2, 0.25) is 5.78 Å². The summed E-state index contributed by atoms with van der Waals surface area (Å²) in [7, 11) is 0. The first kappa shape index (κ1) is 13.1. The van der Waals surface area contributed by atoms with E-state index in [0.29, 0.717) is 0 Å². The van der Waals surface area contributed by atoms with Crippen LogP contribution in [0.25, 0.3) is 10.9 Å². The van der Waals surface area contributed by atoms with E-state index in [1.54, 1.807) is 6.20 Å². The Morgan fingerprint density at radius 1 is 1.26 bits per heavy atom. The zero-order valence-electron chi connectivity index (χ0n) is 9.96. The molecule has 0 aliphatic heterocycles. The number of aromatic nitrogens is 1. The summed E-state index contributed by atoms with van der Waals surface area (Å²) in [6.07, 6.45) is 1.79. The normalized spacial score (nSPS) is 11.1. The molecule has 0 aliphatic rings. The van der Waals surface area contributed by atoms with E-state index >= 15 is 0 Å². The molecule has 5 heteroatoms. The highest BCUT2D eigenvalue weighted by atomic mass is 79.9. The van der Waals surface area contributed by atoms with Gasteiger partial charge in [-0.25, -0.2) is 0 Å². The molecular formula is C14H9Br2NOS. The van der Waals surface area contributed by atoms with Crippen LogP contribution in [-0.2, 0) is 0 Å². The smallest absolute Gasteiger partial charge is 0.205 e. The van der Waals surface area contributed by atoms with Gasteiger partial charge in [0, 0.05) is 27.1 Å². The summed E-state index contributed by atoms with van der Waals surface area (Å²) in [5.74, 6) is 0.0493. The summed E-state index contributed by atoms with van der Waals surface area (Å²) in [6.45, 7) is 2.03. The number of thiophene rings is 1. The standard InChI is InChI=1S/C14H9Br2NOS/c1-7-2-3-11-8(4-7)9(6-17-11)13(18)12-5-10(15)14(16)19-12/h2-6,17H,1H3. The minimum atomic E-state index is 0.0493. The molecule has 2 nitrogen and oxygen atoms in total. The Kier molecular flexibility index (Phi) is 3.37. The molecule has 0 atom stereocenters. The highest BCUT2D eigenvalue weighted by Gasteiger charge is 2.17. The number of fused-ring (bicyclic) bond motifs is 1. The molecule has 1 aromatic carbocycles. The maximum absolute atomic E-state index is 12.5. The van der Waals surface area contributed by atoms with Crippen molar-refractivity contribution in [1.29, 1.82) is 0 Å². The number of rotatable bonds is 2. The molecule has 2 heterocycles. The Bertz CT molecular complexity index is 768. The summed E-state index contributed by atoms with van der Waals surface area (Å²) in [5, 5.41) is 0.977. The lowest BCUT2D eigenvalue weighted by atomic mass is 10.1. The van der Waals surface area contributed by atoms with Crippen molar-refractivity contribution in [3.63, 3.8) is 0 Å². The van der Waals surface area contributed by atoms with Crippen LogP contribution in [0.15, 0.2) is 38.7 Å². The van der Waals surface area contributed by atoms with Gasteiger partial charge in [0.25, 0.3) is 0 Å². The first-order valence-corrected chi connectivity index (χ1v) is 8.04. The lowest BCUT2D eigenvalue weighted by Crippen LogP contribution is -1.96. The molecule has 0 unspecified atom stereocenters. The second-order valence-electron chi connectivity index (χ2n) is 4.31. The molecule has 0 amide bonds. The van der Waals surface area contributed by atoms with Crippen molar-refractivity contribution in [2.24, 2.45) is 0 Å². The summed E-state index contributed by atoms with van der Waals surface area (Å²) in [4.78, 5) is 16.4. The zero-order valence-corrected chi connectivity index (χ0v) is 13.9. The van der Waals surface area contributed by atoms with Gasteiger partial charge in [0.15, 0.2) is 0 Å². The van der Waals surface area contributed by atoms with E-state index in [2.05, 4.69) is 36.8 Å². The van der Waals surface area contributed by atoms with Gasteiger partial charge in [-0.2, -0.15) is 0 Å². The van der Waals surface area contributed by atoms with Crippen molar-refractivity contribution >= 4 is 59.9 Å². The van der Waals surface area contributed by atoms with Crippen LogP contribution >= 0.6 is 43.2 Å². The van der Waals surface area contributed by atoms with E-state index in [9.17, 15) is 4.79 Å². The number of halogens is 2. The Morgan fingerprint density at radius 3 is 2.74 bits per heavy atom. The fraction of sp³-hybridized carbons (Fsp3) is 0.0714. The van der Waals surface area contributed by atoms with Crippen LogP contribution in [0, 0.1) is 6.92 Å². The number of benzene rings is 1. The number of aromatic amines is 1. The summed E-state index contributed by atoms with van der Waals surface area (Å²) >= 11 is 8.27. The number of hydrogen-bond donors (Lipinski definition) is 1. The SMILES string of the molecule is Cc1ccc2[nH]cc(C(=O)c3cc(Br)c(Br)s3)c2c1. The van der Waals surface area contributed by atoms with Gasteiger partial charge in [-0.3, -0.25) is 4.79 Å². The molecule has 0 bridgehead atoms. The van der Waals surface area contributed by atoms with Crippen LogP contribution in [0.1, 0.15) is 20.8 Å². The van der Waals surface area contributed by atoms with E-state index in [0.717, 1.165) is 35.2 Å². The Labute approximate surface area is 131 Å². The maximum Gasteiger partial charge on any atom is 0.205 e. The second-order valence-corrected chi connectivity index (χ2v) is 7.54. The van der Waals surface area contributed by atoms with Crippen molar-refractivity contribution < 1.29 is 4.79 Å². The average molecular weight is 399 g/mol. The van der Waals surface area contributed by atoms with Crippen LogP contribution in [-0.4, -0.2) is 10.8 Å². The third-order valence-electron chi connectivity index (χ3n) is 2.95. The van der Waals surface area contributed by atoms with Gasteiger partial charge in [0.05, 0.1) is 8.66 Å². The van der Waals surface area contributed by atoms with Crippen LogP contribution in [0.5, 0.6) is 0 Å². The van der Waals surface area contributed by atoms with Crippen molar-refractivity contribution in [1.82, 2.24) is 4.98 Å². The first-order chi connectivity index (χ1) is 9.06. The number of nitrogens with one attached hydrogen (secondary N) is 1. The van der Waals surface area contributed by atoms with Crippen molar-refractivity contribution in [2.45, 2.75) is 6.92 Å². The van der Waals surface area contributed by atoms with Gasteiger partial charge in [-0.1, -0.05) is 11.6 Å². The van der Waals surface area contributed by atoms with Crippen LogP contribution in [0.3, 0.4) is 0 Å². The maximum atomic E-state index is 12.5. The Hall–Kier alpha value is -0.910. The van der Waals surface area contributed by atoms with Gasteiger partial charge in [-0.05, 0) is 57.0 Å². The third-order valence-corrected chi connectivity index (χ3v) is 6.21. The van der Waals surface area contributed by atoms with Gasteiger partial charge in [0.1, 0.15) is 0 Å². The predicted molar refractivity (Wildman–Crippen MR) is 86.2 cm³/mol. The molecule has 96 valence electrons. The first-order valence-electron chi connectivity index (χ1n) is 5.63. The molecule has 0 aliphatic carbocycles. The lowest BCUT2D eigenvalue weighted by Gasteiger charge is -1.97. The summed E-state index contributed by atoms with van der Waals surface area (Å²) < 4.78 is 1.85. The molecule has 0 radical (unpaired) electrons. The Morgan fingerprint density at radius 2 is 2.05 bits per heavy atom. The molecule has 3 rings (SSSR count). The van der Waals surface area contributed by atoms with E-state index < -0.39 is 0 Å². The van der Waals surface area contributed by atoms with Crippen molar-refractivity contribution in [2.75, 3.05) is 0 Å². The molecule has 0 fully saturated rings. The number of carbonyl (C=O) groups is 1. The highest BCUT2D eigenvalue weighted by Crippen LogP contribution is 2.34. The number of H-pyrrole nitrogens is 1. The number of aryl methyl sites for hydroxylation is 1. The minimum Gasteiger partial charge on any atom is -0.360 e. The molecule has 19 heavy (non-hydrogen) atoms. The predicted octanol–water partition coefficient (Wildman–Crippen LogP) is 5.29. The molecule has 0 saturated heterocycles. The average Bonchev–Trinajstić information content (AvgIpc) is 2.93. The van der Waals surface area contributed by atoms with Crippen LogP contribution < -0.4 is 0 Å². The summed E-state index contributed by atoms with van der Waals surface area (Å²) in [6, 6.07) is 7.93. The quantitative estimate of drug-likeness (QED) is 0.584. The van der Waals surface area contributed by atoms with Crippen LogP contribution in [0.4, 0.5) is 0 Å². The molecule has 0 saturated carbocycles. The zero-order chi connectivity index (χ0) is 13.6. The molecular weight excluding hydrogens is 390 g/mol. The Balaban J connectivity index is 2.13. The van der Waals surface area contributed by atoms with E-state index in [4.69, 9.17) is 0 Å². The van der Waals surface area contributed by atoms with Crippen LogP contribution in [0.2, 0.25) is 0 Å². The van der Waals surface area contributed by atoms with Crippen molar-refractivity contribution in [3.05, 3.63) is 54.7 Å². The molecule has 1 N–H and O–H groups in total. The molecule has 2 aromatic heterocycles. The lowest BCUT2D eigenvalue weighted by molar-refractivity contribution is 0.104. The van der Waals surface area contributed by atoms with Gasteiger partial charge in [-0.15, -0.1) is 11.3 Å². The number of hydrogen-bond acceptors (Lipinski definition) is 2.